The molecule has 0 radical (unpaired) electrons. The van der Waals surface area contributed by atoms with Gasteiger partial charge >= 0.3 is 23.1 Å². The van der Waals surface area contributed by atoms with Crippen LogP contribution < -0.4 is 0 Å². The van der Waals surface area contributed by atoms with E-state index in [-0.39, 0.29) is 23.1 Å². The molecule has 0 amide bonds. The summed E-state index contributed by atoms with van der Waals surface area (Å²) < 4.78 is 0. The number of unbranched alkanes of at least 4 members (excludes halogenated alkanes) is 8. The molecular weight excluding hydrogens is 192 g/mol. The summed E-state index contributed by atoms with van der Waals surface area (Å²) in [5, 5.41) is 0. The molecule has 0 unspecified atom stereocenters. The van der Waals surface area contributed by atoms with Crippen LogP contribution in [0.5, 0.6) is 0 Å². The van der Waals surface area contributed by atoms with Gasteiger partial charge in [-0.2, -0.15) is 12.8 Å². The number of hydrogen-bond donors (Lipinski definition) is 0. The van der Waals surface area contributed by atoms with Gasteiger partial charge in [-0.3, -0.25) is 0 Å². The van der Waals surface area contributed by atoms with E-state index in [2.05, 4.69) is 27.7 Å². The van der Waals surface area contributed by atoms with E-state index in [4.69, 9.17) is 0 Å². The zero-order valence-electron chi connectivity index (χ0n) is 11.2. The molecule has 0 nitrogen and oxygen atoms in total. The molecule has 0 aliphatic carbocycles. The third kappa shape index (κ3) is 31.3. The zero-order valence-corrected chi connectivity index (χ0v) is 12.6. The van der Waals surface area contributed by atoms with E-state index in [1.165, 1.54) is 51.4 Å². The molecule has 0 fully saturated rings. The maximum atomic E-state index is 3.76. The van der Waals surface area contributed by atoms with Crippen LogP contribution in [0, 0.1) is 13.8 Å². The number of hydrogen-bond acceptors (Lipinski definition) is 0. The van der Waals surface area contributed by atoms with Gasteiger partial charge in [0.1, 0.15) is 0 Å². The minimum atomic E-state index is 0. The van der Waals surface area contributed by atoms with Crippen LogP contribution in [-0.2, 0) is 0 Å². The molecule has 0 saturated carbocycles. The Morgan fingerprint density at radius 1 is 0.600 bits per heavy atom. The molecular formula is C14H30Mg. The first-order valence-corrected chi connectivity index (χ1v) is 6.41. The van der Waals surface area contributed by atoms with Crippen molar-refractivity contribution in [2.24, 2.45) is 0 Å². The Morgan fingerprint density at radius 2 is 0.933 bits per heavy atom. The van der Waals surface area contributed by atoms with Crippen molar-refractivity contribution in [3.63, 3.8) is 0 Å². The van der Waals surface area contributed by atoms with Gasteiger partial charge in [0.2, 0.25) is 0 Å². The molecule has 0 aromatic carbocycles. The Balaban J connectivity index is -0.000000180. The van der Waals surface area contributed by atoms with Crippen molar-refractivity contribution < 1.29 is 0 Å². The van der Waals surface area contributed by atoms with E-state index in [0.29, 0.717) is 0 Å². The molecule has 0 heterocycles. The molecule has 0 aromatic rings. The maximum Gasteiger partial charge on any atom is 2.00 e. The minimum Gasteiger partial charge on any atom is -0.343 e. The second-order valence-electron chi connectivity index (χ2n) is 3.83. The average Bonchev–Trinajstić information content (AvgIpc) is 2.21. The predicted octanol–water partition coefficient (Wildman–Crippen LogP) is 5.20. The van der Waals surface area contributed by atoms with E-state index in [9.17, 15) is 0 Å². The first-order valence-electron chi connectivity index (χ1n) is 6.41. The van der Waals surface area contributed by atoms with Crippen LogP contribution in [0.3, 0.4) is 0 Å². The summed E-state index contributed by atoms with van der Waals surface area (Å²) in [4.78, 5) is 0. The molecule has 0 bridgehead atoms. The Morgan fingerprint density at radius 3 is 1.13 bits per heavy atom. The smallest absolute Gasteiger partial charge is 0.343 e. The normalized spacial score (nSPS) is 8.80. The molecule has 15 heavy (non-hydrogen) atoms. The quantitative estimate of drug-likeness (QED) is 0.301. The van der Waals surface area contributed by atoms with Gasteiger partial charge in [0, 0.05) is 0 Å². The molecule has 1 heteroatoms. The molecule has 0 saturated heterocycles. The minimum absolute atomic E-state index is 0. The summed E-state index contributed by atoms with van der Waals surface area (Å²) in [5.41, 5.74) is 0. The van der Waals surface area contributed by atoms with Gasteiger partial charge in [0.15, 0.2) is 0 Å². The van der Waals surface area contributed by atoms with Crippen LogP contribution in [-0.4, -0.2) is 23.1 Å². The van der Waals surface area contributed by atoms with E-state index in [1.54, 1.807) is 0 Å². The van der Waals surface area contributed by atoms with Crippen LogP contribution in [0.1, 0.15) is 78.1 Å². The zero-order chi connectivity index (χ0) is 11.1. The van der Waals surface area contributed by atoms with Crippen LogP contribution in [0.2, 0.25) is 0 Å². The topological polar surface area (TPSA) is 0 Å². The third-order valence-electron chi connectivity index (χ3n) is 2.21. The van der Waals surface area contributed by atoms with Gasteiger partial charge in [-0.15, -0.1) is 0 Å². The van der Waals surface area contributed by atoms with E-state index < -0.39 is 0 Å². The van der Waals surface area contributed by atoms with Crippen LogP contribution in [0.25, 0.3) is 0 Å². The maximum absolute atomic E-state index is 3.76. The molecule has 0 aromatic heterocycles. The third-order valence-corrected chi connectivity index (χ3v) is 2.21. The molecule has 0 aliphatic rings. The first kappa shape index (κ1) is 21.1. The summed E-state index contributed by atoms with van der Waals surface area (Å²) >= 11 is 0. The fraction of sp³-hybridized carbons (Fsp3) is 0.857. The van der Waals surface area contributed by atoms with Crippen LogP contribution in [0.4, 0.5) is 0 Å². The van der Waals surface area contributed by atoms with Crippen LogP contribution >= 0.6 is 0 Å². The van der Waals surface area contributed by atoms with Crippen LogP contribution in [0.15, 0.2) is 0 Å². The van der Waals surface area contributed by atoms with Gasteiger partial charge in [-0.05, 0) is 0 Å². The summed E-state index contributed by atoms with van der Waals surface area (Å²) in [6, 6.07) is 0. The Hall–Kier alpha value is 0.766. The fourth-order valence-corrected chi connectivity index (χ4v) is 1.21. The van der Waals surface area contributed by atoms with Crippen molar-refractivity contribution in [1.82, 2.24) is 0 Å². The van der Waals surface area contributed by atoms with E-state index in [0.717, 1.165) is 12.8 Å². The molecule has 0 spiro atoms. The Bertz CT molecular complexity index is 53.7. The second-order valence-corrected chi connectivity index (χ2v) is 3.83. The Labute approximate surface area is 115 Å². The van der Waals surface area contributed by atoms with Gasteiger partial charge in [-0.25, -0.2) is 0 Å². The molecule has 0 N–H and O–H groups in total. The van der Waals surface area contributed by atoms with E-state index >= 15 is 0 Å². The number of rotatable bonds is 8. The van der Waals surface area contributed by atoms with Gasteiger partial charge < -0.3 is 13.8 Å². The monoisotopic (exact) mass is 222 g/mol. The summed E-state index contributed by atoms with van der Waals surface area (Å²) in [5.74, 6) is 0. The predicted molar refractivity (Wildman–Crippen MR) is 74.0 cm³/mol. The Kier molecular flexibility index (Phi) is 33.9. The first-order chi connectivity index (χ1) is 6.83. The van der Waals surface area contributed by atoms with Gasteiger partial charge in [-0.1, -0.05) is 65.2 Å². The van der Waals surface area contributed by atoms with E-state index in [1.807, 2.05) is 0 Å². The standard InChI is InChI=1S/2C7H15.Mg/c2*1-3-5-7-6-4-2;/h2*1,3-7H2,2H3;/q2*-1;+2. The second kappa shape index (κ2) is 24.1. The molecule has 88 valence electrons. The van der Waals surface area contributed by atoms with Crippen molar-refractivity contribution in [2.75, 3.05) is 0 Å². The van der Waals surface area contributed by atoms with Crippen molar-refractivity contribution in [3.8, 4) is 0 Å². The summed E-state index contributed by atoms with van der Waals surface area (Å²) in [6.45, 7) is 12.0. The van der Waals surface area contributed by atoms with Gasteiger partial charge in [0.25, 0.3) is 0 Å². The van der Waals surface area contributed by atoms with Crippen molar-refractivity contribution in [3.05, 3.63) is 13.8 Å². The van der Waals surface area contributed by atoms with Crippen molar-refractivity contribution in [1.29, 1.82) is 0 Å². The largest absolute Gasteiger partial charge is 2.00 e. The molecule has 0 atom stereocenters. The fourth-order valence-electron chi connectivity index (χ4n) is 1.21. The van der Waals surface area contributed by atoms with Crippen molar-refractivity contribution >= 4 is 23.1 Å². The summed E-state index contributed by atoms with van der Waals surface area (Å²) in [7, 11) is 0. The summed E-state index contributed by atoms with van der Waals surface area (Å²) in [6.07, 6.45) is 13.0. The average molecular weight is 223 g/mol. The molecule has 0 rings (SSSR count). The SMILES string of the molecule is [CH2-]CCCCCC.[CH2-]CCCCCC.[Mg+2]. The van der Waals surface area contributed by atoms with Gasteiger partial charge in [0.05, 0.1) is 0 Å². The van der Waals surface area contributed by atoms with Crippen molar-refractivity contribution in [2.45, 2.75) is 78.1 Å². The molecule has 0 aliphatic heterocycles.